The number of thiophene rings is 1. The molecule has 18 heavy (non-hydrogen) atoms. The van der Waals surface area contributed by atoms with Gasteiger partial charge in [-0.05, 0) is 55.6 Å². The van der Waals surface area contributed by atoms with Gasteiger partial charge in [-0.2, -0.15) is 0 Å². The molecule has 1 aromatic heterocycles. The maximum absolute atomic E-state index is 5.97. The highest BCUT2D eigenvalue weighted by molar-refractivity contribution is 9.12. The number of methoxy groups -OCH3 is 1. The Kier molecular flexibility index (Phi) is 5.17. The van der Waals surface area contributed by atoms with E-state index < -0.39 is 0 Å². The van der Waals surface area contributed by atoms with Gasteiger partial charge in [-0.3, -0.25) is 0 Å². The zero-order valence-electron chi connectivity index (χ0n) is 9.22. The van der Waals surface area contributed by atoms with Crippen molar-refractivity contribution in [3.8, 4) is 5.75 Å². The van der Waals surface area contributed by atoms with E-state index in [1.165, 1.54) is 0 Å². The van der Waals surface area contributed by atoms with Crippen molar-refractivity contribution in [1.29, 1.82) is 0 Å². The molecule has 1 heterocycles. The number of alkyl halides is 1. The molecule has 2 aromatic rings. The largest absolute Gasteiger partial charge is 0.496 e. The summed E-state index contributed by atoms with van der Waals surface area (Å²) in [6.07, 6.45) is 0. The van der Waals surface area contributed by atoms with Crippen LogP contribution in [0.4, 0.5) is 0 Å². The molecule has 0 saturated carbocycles. The lowest BCUT2D eigenvalue weighted by Crippen LogP contribution is -1.96. The van der Waals surface area contributed by atoms with Crippen molar-refractivity contribution in [2.75, 3.05) is 7.11 Å². The highest BCUT2D eigenvalue weighted by Gasteiger charge is 2.19. The predicted octanol–water partition coefficient (Wildman–Crippen LogP) is 6.42. The van der Waals surface area contributed by atoms with E-state index in [0.29, 0.717) is 5.02 Å². The van der Waals surface area contributed by atoms with E-state index in [-0.39, 0.29) is 4.83 Å². The molecular formula is C12H8Br3ClOS. The predicted molar refractivity (Wildman–Crippen MR) is 88.5 cm³/mol. The normalized spacial score (nSPS) is 12.5. The molecule has 1 unspecified atom stereocenters. The fourth-order valence-corrected chi connectivity index (χ4v) is 5.85. The van der Waals surface area contributed by atoms with Crippen molar-refractivity contribution in [3.05, 3.63) is 48.0 Å². The molecule has 0 aliphatic carbocycles. The number of hydrogen-bond donors (Lipinski definition) is 0. The Balaban J connectivity index is 2.45. The van der Waals surface area contributed by atoms with Gasteiger partial charge in [0.15, 0.2) is 0 Å². The monoisotopic (exact) mass is 472 g/mol. The average Bonchev–Trinajstić information content (AvgIpc) is 2.67. The standard InChI is InChI=1S/C12H8Br3ClOS/c1-17-9-4-6(16)2-3-7(9)11(14)8-5-10(13)18-12(8)15/h2-5,11H,1H3. The van der Waals surface area contributed by atoms with Gasteiger partial charge >= 0.3 is 0 Å². The van der Waals surface area contributed by atoms with Crippen LogP contribution < -0.4 is 4.74 Å². The molecule has 1 aromatic carbocycles. The molecule has 0 radical (unpaired) electrons. The molecular weight excluding hydrogens is 467 g/mol. The number of rotatable bonds is 3. The second-order valence-electron chi connectivity index (χ2n) is 3.53. The smallest absolute Gasteiger partial charge is 0.125 e. The minimum atomic E-state index is 0.0571. The van der Waals surface area contributed by atoms with Crippen LogP contribution in [-0.4, -0.2) is 7.11 Å². The van der Waals surface area contributed by atoms with Crippen LogP contribution in [0.1, 0.15) is 16.0 Å². The minimum Gasteiger partial charge on any atom is -0.496 e. The molecule has 0 saturated heterocycles. The lowest BCUT2D eigenvalue weighted by atomic mass is 10.1. The second kappa shape index (κ2) is 6.27. The molecule has 6 heteroatoms. The minimum absolute atomic E-state index is 0.0571. The van der Waals surface area contributed by atoms with Crippen molar-refractivity contribution in [2.45, 2.75) is 4.83 Å². The van der Waals surface area contributed by atoms with Crippen LogP contribution in [0.15, 0.2) is 31.8 Å². The Labute approximate surface area is 140 Å². The molecule has 96 valence electrons. The summed E-state index contributed by atoms with van der Waals surface area (Å²) in [5.41, 5.74) is 2.21. The molecule has 0 aliphatic rings. The summed E-state index contributed by atoms with van der Waals surface area (Å²) in [5.74, 6) is 0.776. The van der Waals surface area contributed by atoms with E-state index in [2.05, 4.69) is 53.9 Å². The van der Waals surface area contributed by atoms with E-state index in [1.54, 1.807) is 18.4 Å². The number of halogens is 4. The van der Waals surface area contributed by atoms with Crippen molar-refractivity contribution < 1.29 is 4.74 Å². The maximum atomic E-state index is 5.97. The first-order chi connectivity index (χ1) is 8.52. The topological polar surface area (TPSA) is 9.23 Å². The second-order valence-corrected chi connectivity index (χ2v) is 8.63. The molecule has 0 aliphatic heterocycles. The number of hydrogen-bond acceptors (Lipinski definition) is 2. The van der Waals surface area contributed by atoms with Gasteiger partial charge in [0.1, 0.15) is 5.75 Å². The van der Waals surface area contributed by atoms with Crippen molar-refractivity contribution in [2.24, 2.45) is 0 Å². The van der Waals surface area contributed by atoms with E-state index in [1.807, 2.05) is 18.2 Å². The van der Waals surface area contributed by atoms with Gasteiger partial charge in [-0.25, -0.2) is 0 Å². The van der Waals surface area contributed by atoms with Gasteiger partial charge < -0.3 is 4.74 Å². The van der Waals surface area contributed by atoms with Crippen LogP contribution in [-0.2, 0) is 0 Å². The fourth-order valence-electron chi connectivity index (χ4n) is 1.59. The van der Waals surface area contributed by atoms with Gasteiger partial charge in [0.05, 0.1) is 19.5 Å². The molecule has 1 atom stereocenters. The third-order valence-electron chi connectivity index (χ3n) is 2.42. The summed E-state index contributed by atoms with van der Waals surface area (Å²) < 4.78 is 7.55. The highest BCUT2D eigenvalue weighted by Crippen LogP contribution is 2.44. The first kappa shape index (κ1) is 14.9. The van der Waals surface area contributed by atoms with E-state index >= 15 is 0 Å². The van der Waals surface area contributed by atoms with Gasteiger partial charge in [-0.15, -0.1) is 11.3 Å². The first-order valence-electron chi connectivity index (χ1n) is 4.95. The van der Waals surface area contributed by atoms with Crippen molar-refractivity contribution in [3.63, 3.8) is 0 Å². The Morgan fingerprint density at radius 3 is 2.50 bits per heavy atom. The average molecular weight is 475 g/mol. The van der Waals surface area contributed by atoms with Crippen LogP contribution in [0.5, 0.6) is 5.75 Å². The molecule has 0 spiro atoms. The van der Waals surface area contributed by atoms with Gasteiger partial charge in [0, 0.05) is 10.6 Å². The van der Waals surface area contributed by atoms with Gasteiger partial charge in [-0.1, -0.05) is 33.6 Å². The summed E-state index contributed by atoms with van der Waals surface area (Å²) in [6.45, 7) is 0. The third kappa shape index (κ3) is 3.12. The third-order valence-corrected chi connectivity index (χ3v) is 6.03. The summed E-state index contributed by atoms with van der Waals surface area (Å²) in [6, 6.07) is 7.74. The van der Waals surface area contributed by atoms with E-state index in [0.717, 1.165) is 24.4 Å². The summed E-state index contributed by atoms with van der Waals surface area (Å²) in [4.78, 5) is 0.0571. The lowest BCUT2D eigenvalue weighted by molar-refractivity contribution is 0.410. The van der Waals surface area contributed by atoms with Crippen LogP contribution in [0.3, 0.4) is 0 Å². The van der Waals surface area contributed by atoms with Crippen molar-refractivity contribution >= 4 is 70.7 Å². The Morgan fingerprint density at radius 1 is 1.22 bits per heavy atom. The highest BCUT2D eigenvalue weighted by atomic mass is 79.9. The lowest BCUT2D eigenvalue weighted by Gasteiger charge is -2.14. The molecule has 0 bridgehead atoms. The van der Waals surface area contributed by atoms with Crippen LogP contribution in [0, 0.1) is 0 Å². The molecule has 2 rings (SSSR count). The zero-order chi connectivity index (χ0) is 13.3. The van der Waals surface area contributed by atoms with E-state index in [9.17, 15) is 0 Å². The van der Waals surface area contributed by atoms with Crippen molar-refractivity contribution in [1.82, 2.24) is 0 Å². The van der Waals surface area contributed by atoms with E-state index in [4.69, 9.17) is 16.3 Å². The van der Waals surface area contributed by atoms with Crippen LogP contribution in [0.25, 0.3) is 0 Å². The van der Waals surface area contributed by atoms with Gasteiger partial charge in [0.25, 0.3) is 0 Å². The fraction of sp³-hybridized carbons (Fsp3) is 0.167. The molecule has 0 amide bonds. The summed E-state index contributed by atoms with van der Waals surface area (Å²) in [5, 5.41) is 0.667. The van der Waals surface area contributed by atoms with Gasteiger partial charge in [0.2, 0.25) is 0 Å². The SMILES string of the molecule is COc1cc(Cl)ccc1C(Br)c1cc(Br)sc1Br. The van der Waals surface area contributed by atoms with Crippen LogP contribution in [0.2, 0.25) is 5.02 Å². The summed E-state index contributed by atoms with van der Waals surface area (Å²) in [7, 11) is 1.65. The van der Waals surface area contributed by atoms with Crippen LogP contribution >= 0.6 is 70.7 Å². The Morgan fingerprint density at radius 2 is 1.94 bits per heavy atom. The first-order valence-corrected chi connectivity index (χ1v) is 8.64. The molecule has 0 fully saturated rings. The molecule has 0 N–H and O–H groups in total. The number of benzene rings is 1. The molecule has 1 nitrogen and oxygen atoms in total. The summed E-state index contributed by atoms with van der Waals surface area (Å²) >= 11 is 18.4. The Bertz CT molecular complexity index is 570. The zero-order valence-corrected chi connectivity index (χ0v) is 15.5. The maximum Gasteiger partial charge on any atom is 0.125 e. The number of ether oxygens (including phenoxy) is 1. The quantitative estimate of drug-likeness (QED) is 0.466. The Hall–Kier alpha value is 0.450.